The maximum atomic E-state index is 11.9. The van der Waals surface area contributed by atoms with Crippen molar-refractivity contribution in [1.29, 1.82) is 0 Å². The Bertz CT molecular complexity index is 324. The minimum absolute atomic E-state index is 0.190. The van der Waals surface area contributed by atoms with Crippen LogP contribution in [-0.4, -0.2) is 52.3 Å². The molecular formula is C12H24N2O4. The maximum Gasteiger partial charge on any atom is 0.317 e. The van der Waals surface area contributed by atoms with Gasteiger partial charge in [0.15, 0.2) is 0 Å². The summed E-state index contributed by atoms with van der Waals surface area (Å²) < 4.78 is 0. The van der Waals surface area contributed by atoms with Crippen LogP contribution in [0, 0.1) is 5.41 Å². The van der Waals surface area contributed by atoms with Crippen molar-refractivity contribution in [2.24, 2.45) is 5.41 Å². The van der Waals surface area contributed by atoms with Crippen LogP contribution in [0.5, 0.6) is 0 Å². The number of aliphatic carboxylic acids is 1. The van der Waals surface area contributed by atoms with Crippen molar-refractivity contribution in [2.75, 3.05) is 13.6 Å². The summed E-state index contributed by atoms with van der Waals surface area (Å²) >= 11 is 0. The molecule has 0 aliphatic heterocycles. The average molecular weight is 260 g/mol. The predicted molar refractivity (Wildman–Crippen MR) is 68.3 cm³/mol. The van der Waals surface area contributed by atoms with Crippen molar-refractivity contribution in [2.45, 2.75) is 46.3 Å². The van der Waals surface area contributed by atoms with Gasteiger partial charge in [-0.25, -0.2) is 4.79 Å². The summed E-state index contributed by atoms with van der Waals surface area (Å²) in [5, 5.41) is 21.0. The standard InChI is InChI=1S/C12H24N2O4/c1-8(15)7-14(6)10(18)13-12(4,5)11(2,3)9(16)17/h8,15H,7H2,1-6H3,(H,13,18)(H,16,17). The van der Waals surface area contributed by atoms with E-state index in [4.69, 9.17) is 5.11 Å². The van der Waals surface area contributed by atoms with E-state index in [2.05, 4.69) is 5.32 Å². The number of carbonyl (C=O) groups is 2. The lowest BCUT2D eigenvalue weighted by Gasteiger charge is -2.39. The molecule has 18 heavy (non-hydrogen) atoms. The number of hydrogen-bond donors (Lipinski definition) is 3. The molecule has 6 heteroatoms. The molecule has 0 saturated heterocycles. The molecule has 0 spiro atoms. The molecule has 0 aliphatic rings. The second kappa shape index (κ2) is 5.56. The van der Waals surface area contributed by atoms with Crippen LogP contribution in [0.4, 0.5) is 4.79 Å². The molecule has 1 atom stereocenters. The molecule has 0 radical (unpaired) electrons. The molecule has 0 aromatic carbocycles. The van der Waals surface area contributed by atoms with Gasteiger partial charge in [0.05, 0.1) is 17.1 Å². The minimum atomic E-state index is -1.10. The monoisotopic (exact) mass is 260 g/mol. The van der Waals surface area contributed by atoms with E-state index >= 15 is 0 Å². The van der Waals surface area contributed by atoms with Crippen molar-refractivity contribution in [3.63, 3.8) is 0 Å². The Kier molecular flexibility index (Phi) is 5.16. The topological polar surface area (TPSA) is 89.9 Å². The molecule has 0 aromatic rings. The Morgan fingerprint density at radius 1 is 1.28 bits per heavy atom. The molecule has 0 heterocycles. The first-order valence-corrected chi connectivity index (χ1v) is 5.86. The Morgan fingerprint density at radius 2 is 1.72 bits per heavy atom. The lowest BCUT2D eigenvalue weighted by Crippen LogP contribution is -2.59. The highest BCUT2D eigenvalue weighted by molar-refractivity contribution is 5.79. The van der Waals surface area contributed by atoms with Gasteiger partial charge in [0.25, 0.3) is 0 Å². The highest BCUT2D eigenvalue weighted by Gasteiger charge is 2.44. The summed E-state index contributed by atoms with van der Waals surface area (Å²) in [6.45, 7) is 8.21. The van der Waals surface area contributed by atoms with E-state index in [9.17, 15) is 14.7 Å². The minimum Gasteiger partial charge on any atom is -0.481 e. The number of nitrogens with one attached hydrogen (secondary N) is 1. The summed E-state index contributed by atoms with van der Waals surface area (Å²) in [6.07, 6.45) is -0.628. The average Bonchev–Trinajstić information content (AvgIpc) is 2.14. The molecule has 0 saturated carbocycles. The van der Waals surface area contributed by atoms with Gasteiger partial charge >= 0.3 is 12.0 Å². The second-order valence-corrected chi connectivity index (χ2v) is 5.71. The number of aliphatic hydroxyl groups excluding tert-OH is 1. The van der Waals surface area contributed by atoms with Gasteiger partial charge in [0, 0.05) is 13.6 Å². The molecule has 0 bridgehead atoms. The molecule has 0 aromatic heterocycles. The van der Waals surface area contributed by atoms with Crippen molar-refractivity contribution in [3.05, 3.63) is 0 Å². The predicted octanol–water partition coefficient (Wildman–Crippen LogP) is 0.898. The number of aliphatic hydroxyl groups is 1. The first kappa shape index (κ1) is 16.7. The number of carboxylic acids is 1. The van der Waals surface area contributed by atoms with Crippen LogP contribution in [0.1, 0.15) is 34.6 Å². The van der Waals surface area contributed by atoms with E-state index in [1.807, 2.05) is 0 Å². The number of nitrogens with zero attached hydrogens (tertiary/aromatic N) is 1. The van der Waals surface area contributed by atoms with Gasteiger partial charge in [-0.1, -0.05) is 0 Å². The van der Waals surface area contributed by atoms with Crippen molar-refractivity contribution < 1.29 is 19.8 Å². The Labute approximate surface area is 108 Å². The maximum absolute atomic E-state index is 11.9. The fourth-order valence-corrected chi connectivity index (χ4v) is 1.27. The largest absolute Gasteiger partial charge is 0.481 e. The van der Waals surface area contributed by atoms with Gasteiger partial charge in [-0.3, -0.25) is 4.79 Å². The molecule has 0 aliphatic carbocycles. The van der Waals surface area contributed by atoms with E-state index in [-0.39, 0.29) is 6.54 Å². The Hall–Kier alpha value is -1.30. The zero-order chi connectivity index (χ0) is 14.7. The Balaban J connectivity index is 4.78. The van der Waals surface area contributed by atoms with E-state index < -0.39 is 29.1 Å². The molecule has 3 N–H and O–H groups in total. The number of amides is 2. The highest BCUT2D eigenvalue weighted by atomic mass is 16.4. The molecule has 1 unspecified atom stereocenters. The van der Waals surface area contributed by atoms with Crippen LogP contribution in [0.25, 0.3) is 0 Å². The van der Waals surface area contributed by atoms with E-state index in [0.29, 0.717) is 0 Å². The van der Waals surface area contributed by atoms with Crippen molar-refractivity contribution in [3.8, 4) is 0 Å². The van der Waals surface area contributed by atoms with Gasteiger partial charge in [-0.15, -0.1) is 0 Å². The van der Waals surface area contributed by atoms with Crippen LogP contribution < -0.4 is 5.32 Å². The molecule has 0 rings (SSSR count). The van der Waals surface area contributed by atoms with Crippen LogP contribution in [-0.2, 0) is 4.79 Å². The van der Waals surface area contributed by atoms with Crippen LogP contribution in [0.15, 0.2) is 0 Å². The number of likely N-dealkylation sites (N-methyl/N-ethyl adjacent to an activating group) is 1. The lowest BCUT2D eigenvalue weighted by molar-refractivity contribution is -0.150. The molecular weight excluding hydrogens is 236 g/mol. The van der Waals surface area contributed by atoms with Gasteiger partial charge in [-0.05, 0) is 34.6 Å². The number of urea groups is 1. The molecule has 2 amide bonds. The fraction of sp³-hybridized carbons (Fsp3) is 0.833. The van der Waals surface area contributed by atoms with Crippen molar-refractivity contribution >= 4 is 12.0 Å². The van der Waals surface area contributed by atoms with Gasteiger partial charge in [0.2, 0.25) is 0 Å². The van der Waals surface area contributed by atoms with Gasteiger partial charge in [0.1, 0.15) is 0 Å². The van der Waals surface area contributed by atoms with Crippen LogP contribution in [0.2, 0.25) is 0 Å². The second-order valence-electron chi connectivity index (χ2n) is 5.71. The molecule has 106 valence electrons. The summed E-state index contributed by atoms with van der Waals surface area (Å²) in [5.41, 5.74) is -2.02. The summed E-state index contributed by atoms with van der Waals surface area (Å²) in [5.74, 6) is -0.981. The fourth-order valence-electron chi connectivity index (χ4n) is 1.27. The lowest BCUT2D eigenvalue weighted by atomic mass is 9.74. The van der Waals surface area contributed by atoms with Crippen LogP contribution >= 0.6 is 0 Å². The normalized spacial score (nSPS) is 13.9. The summed E-state index contributed by atoms with van der Waals surface area (Å²) in [6, 6.07) is -0.407. The zero-order valence-electron chi connectivity index (χ0n) is 11.9. The third kappa shape index (κ3) is 3.87. The highest BCUT2D eigenvalue weighted by Crippen LogP contribution is 2.30. The van der Waals surface area contributed by atoms with Gasteiger partial charge < -0.3 is 20.4 Å². The first-order chi connectivity index (χ1) is 7.91. The van der Waals surface area contributed by atoms with E-state index in [1.54, 1.807) is 41.7 Å². The number of carboxylic acid groups (broad SMARTS) is 1. The van der Waals surface area contributed by atoms with E-state index in [0.717, 1.165) is 0 Å². The smallest absolute Gasteiger partial charge is 0.317 e. The van der Waals surface area contributed by atoms with Gasteiger partial charge in [-0.2, -0.15) is 0 Å². The number of carbonyl (C=O) groups excluding carboxylic acids is 1. The third-order valence-electron chi connectivity index (χ3n) is 3.40. The Morgan fingerprint density at radius 3 is 2.06 bits per heavy atom. The summed E-state index contributed by atoms with van der Waals surface area (Å²) in [7, 11) is 1.55. The SMILES string of the molecule is CC(O)CN(C)C(=O)NC(C)(C)C(C)(C)C(=O)O. The molecule has 6 nitrogen and oxygen atoms in total. The van der Waals surface area contributed by atoms with Crippen molar-refractivity contribution in [1.82, 2.24) is 10.2 Å². The number of hydrogen-bond acceptors (Lipinski definition) is 3. The molecule has 0 fully saturated rings. The zero-order valence-corrected chi connectivity index (χ0v) is 11.9. The number of rotatable bonds is 5. The summed E-state index contributed by atoms with van der Waals surface area (Å²) in [4.78, 5) is 24.4. The quantitative estimate of drug-likeness (QED) is 0.685. The van der Waals surface area contributed by atoms with E-state index in [1.165, 1.54) is 4.90 Å². The third-order valence-corrected chi connectivity index (χ3v) is 3.40. The first-order valence-electron chi connectivity index (χ1n) is 5.86. The van der Waals surface area contributed by atoms with Crippen LogP contribution in [0.3, 0.4) is 0 Å².